The van der Waals surface area contributed by atoms with Crippen LogP contribution >= 0.6 is 0 Å². The highest BCUT2D eigenvalue weighted by Gasteiger charge is 2.47. The van der Waals surface area contributed by atoms with Crippen molar-refractivity contribution in [3.8, 4) is 0 Å². The first-order valence-electron chi connectivity index (χ1n) is 9.58. The maximum Gasteiger partial charge on any atom is 0.264 e. The van der Waals surface area contributed by atoms with Crippen LogP contribution in [0.2, 0.25) is 16.6 Å². The Bertz CT molecular complexity index is 792. The molecular formula is C20H31NO3SSi. The average molecular weight is 394 g/mol. The number of nitrogens with zero attached hydrogens (tertiary/aromatic N) is 1. The summed E-state index contributed by atoms with van der Waals surface area (Å²) in [5, 5.41) is 0. The number of rotatable bonds is 6. The third-order valence-corrected chi connectivity index (χ3v) is 14.1. The third kappa shape index (κ3) is 2.86. The molecule has 0 amide bonds. The van der Waals surface area contributed by atoms with Crippen LogP contribution in [0.5, 0.6) is 0 Å². The van der Waals surface area contributed by atoms with Gasteiger partial charge in [0.1, 0.15) is 0 Å². The summed E-state index contributed by atoms with van der Waals surface area (Å²) in [4.78, 5) is 0.447. The molecule has 0 aliphatic carbocycles. The lowest BCUT2D eigenvalue weighted by Gasteiger charge is -2.42. The molecule has 6 heteroatoms. The Labute approximate surface area is 159 Å². The zero-order valence-corrected chi connectivity index (χ0v) is 18.5. The van der Waals surface area contributed by atoms with Gasteiger partial charge in [-0.2, -0.15) is 0 Å². The first kappa shape index (κ1) is 19.6. The normalized spacial score (nSPS) is 21.5. The van der Waals surface area contributed by atoms with Crippen molar-refractivity contribution >= 4 is 18.3 Å². The molecule has 0 radical (unpaired) electrons. The van der Waals surface area contributed by atoms with Gasteiger partial charge in [-0.05, 0) is 28.3 Å². The zero-order valence-electron chi connectivity index (χ0n) is 16.7. The molecule has 0 spiro atoms. The Morgan fingerprint density at radius 3 is 2.23 bits per heavy atom. The largest absolute Gasteiger partial charge is 0.410 e. The number of fused-ring (bicyclic) bond motifs is 4. The minimum Gasteiger partial charge on any atom is -0.410 e. The van der Waals surface area contributed by atoms with Crippen molar-refractivity contribution in [3.63, 3.8) is 0 Å². The monoisotopic (exact) mass is 393 g/mol. The number of hydrogen-bond donors (Lipinski definition) is 0. The van der Waals surface area contributed by atoms with Crippen molar-refractivity contribution < 1.29 is 12.8 Å². The molecule has 1 atom stereocenters. The van der Waals surface area contributed by atoms with Crippen LogP contribution in [-0.4, -0.2) is 34.2 Å². The van der Waals surface area contributed by atoms with Crippen LogP contribution in [0.15, 0.2) is 40.9 Å². The van der Waals surface area contributed by atoms with E-state index < -0.39 is 18.3 Å². The van der Waals surface area contributed by atoms with E-state index in [9.17, 15) is 8.42 Å². The SMILES string of the molecule is CC(C)[Si](OCC1=C[C@@H]2CN1S(=O)(=O)c1ccccc12)(C(C)C)C(C)C. The van der Waals surface area contributed by atoms with E-state index in [1.807, 2.05) is 12.1 Å². The van der Waals surface area contributed by atoms with E-state index in [-0.39, 0.29) is 5.92 Å². The Morgan fingerprint density at radius 1 is 1.08 bits per heavy atom. The van der Waals surface area contributed by atoms with Crippen molar-refractivity contribution in [1.82, 2.24) is 4.31 Å². The van der Waals surface area contributed by atoms with Crippen LogP contribution in [0.25, 0.3) is 0 Å². The fraction of sp³-hybridized carbons (Fsp3) is 0.600. The van der Waals surface area contributed by atoms with Gasteiger partial charge in [-0.15, -0.1) is 0 Å². The smallest absolute Gasteiger partial charge is 0.264 e. The molecule has 2 bridgehead atoms. The van der Waals surface area contributed by atoms with Crippen LogP contribution in [0, 0.1) is 0 Å². The molecule has 2 heterocycles. The zero-order chi connectivity index (χ0) is 19.3. The molecule has 1 aromatic carbocycles. The number of benzene rings is 1. The van der Waals surface area contributed by atoms with Gasteiger partial charge in [0.2, 0.25) is 8.32 Å². The first-order valence-corrected chi connectivity index (χ1v) is 13.2. The Balaban J connectivity index is 1.91. The lowest BCUT2D eigenvalue weighted by molar-refractivity contribution is 0.285. The molecule has 3 rings (SSSR count). The van der Waals surface area contributed by atoms with Gasteiger partial charge in [-0.3, -0.25) is 4.31 Å². The average Bonchev–Trinajstić information content (AvgIpc) is 2.95. The minimum atomic E-state index is -3.47. The second-order valence-electron chi connectivity index (χ2n) is 8.44. The van der Waals surface area contributed by atoms with Gasteiger partial charge < -0.3 is 4.43 Å². The van der Waals surface area contributed by atoms with Gasteiger partial charge in [0.25, 0.3) is 10.0 Å². The molecule has 144 valence electrons. The molecule has 0 aromatic heterocycles. The second kappa shape index (κ2) is 6.80. The summed E-state index contributed by atoms with van der Waals surface area (Å²) in [6, 6.07) is 7.37. The minimum absolute atomic E-state index is 0.140. The summed E-state index contributed by atoms with van der Waals surface area (Å²) < 4.78 is 34.3. The molecule has 4 nitrogen and oxygen atoms in total. The standard InChI is InChI=1S/C20H31NO3SSi/c1-14(2)26(15(3)4,16(5)6)24-13-18-11-17-12-21(18)25(22,23)20-10-8-7-9-19(17)20/h7-11,14-17H,12-13H2,1-6H3/t17-/m1/s1. The molecular weight excluding hydrogens is 362 g/mol. The van der Waals surface area contributed by atoms with Crippen LogP contribution < -0.4 is 0 Å². The van der Waals surface area contributed by atoms with Gasteiger partial charge in [0.05, 0.1) is 17.2 Å². The fourth-order valence-corrected chi connectivity index (χ4v) is 12.2. The molecule has 1 aromatic rings. The predicted molar refractivity (Wildman–Crippen MR) is 108 cm³/mol. The molecule has 0 fully saturated rings. The third-order valence-electron chi connectivity index (χ3n) is 6.14. The second-order valence-corrected chi connectivity index (χ2v) is 15.7. The molecule has 0 N–H and O–H groups in total. The van der Waals surface area contributed by atoms with E-state index in [4.69, 9.17) is 4.43 Å². The Hall–Kier alpha value is -1.11. The van der Waals surface area contributed by atoms with Crippen LogP contribution in [0.3, 0.4) is 0 Å². The van der Waals surface area contributed by atoms with Crippen LogP contribution in [0.4, 0.5) is 0 Å². The quantitative estimate of drug-likeness (QED) is 0.648. The maximum atomic E-state index is 13.0. The van der Waals surface area contributed by atoms with E-state index in [2.05, 4.69) is 47.6 Å². The van der Waals surface area contributed by atoms with Crippen molar-refractivity contribution in [2.45, 2.75) is 69.0 Å². The van der Waals surface area contributed by atoms with E-state index in [0.29, 0.717) is 34.7 Å². The summed E-state index contributed by atoms with van der Waals surface area (Å²) in [6.07, 6.45) is 2.10. The molecule has 0 saturated heterocycles. The van der Waals surface area contributed by atoms with Gasteiger partial charge in [-0.1, -0.05) is 65.8 Å². The lowest BCUT2D eigenvalue weighted by Crippen LogP contribution is -2.48. The van der Waals surface area contributed by atoms with E-state index in [1.165, 1.54) is 0 Å². The van der Waals surface area contributed by atoms with Gasteiger partial charge in [0.15, 0.2) is 0 Å². The van der Waals surface area contributed by atoms with Crippen molar-refractivity contribution in [2.24, 2.45) is 0 Å². The molecule has 0 saturated carbocycles. The number of hydrogen-bond acceptors (Lipinski definition) is 3. The Morgan fingerprint density at radius 2 is 1.65 bits per heavy atom. The molecule has 2 aliphatic heterocycles. The summed E-state index contributed by atoms with van der Waals surface area (Å²) in [5.74, 6) is 0.140. The van der Waals surface area contributed by atoms with Crippen molar-refractivity contribution in [3.05, 3.63) is 41.6 Å². The van der Waals surface area contributed by atoms with Gasteiger partial charge >= 0.3 is 0 Å². The van der Waals surface area contributed by atoms with Crippen molar-refractivity contribution in [2.75, 3.05) is 13.2 Å². The van der Waals surface area contributed by atoms with Crippen LogP contribution in [-0.2, 0) is 14.4 Å². The van der Waals surface area contributed by atoms with Gasteiger partial charge in [-0.25, -0.2) is 8.42 Å². The predicted octanol–water partition coefficient (Wildman–Crippen LogP) is 4.86. The summed E-state index contributed by atoms with van der Waals surface area (Å²) >= 11 is 0. The Kier molecular flexibility index (Phi) is 5.14. The highest BCUT2D eigenvalue weighted by atomic mass is 32.2. The molecule has 0 unspecified atom stereocenters. The van der Waals surface area contributed by atoms with E-state index in [0.717, 1.165) is 11.3 Å². The summed E-state index contributed by atoms with van der Waals surface area (Å²) in [5.41, 5.74) is 3.16. The first-order chi connectivity index (χ1) is 12.1. The van der Waals surface area contributed by atoms with E-state index >= 15 is 0 Å². The highest BCUT2D eigenvalue weighted by molar-refractivity contribution is 7.89. The highest BCUT2D eigenvalue weighted by Crippen LogP contribution is 2.45. The van der Waals surface area contributed by atoms with E-state index in [1.54, 1.807) is 16.4 Å². The molecule has 26 heavy (non-hydrogen) atoms. The fourth-order valence-electron chi connectivity index (χ4n) is 5.06. The maximum absolute atomic E-state index is 13.0. The number of sulfonamides is 1. The van der Waals surface area contributed by atoms with Crippen LogP contribution in [0.1, 0.15) is 53.0 Å². The van der Waals surface area contributed by atoms with Gasteiger partial charge in [0, 0.05) is 12.5 Å². The lowest BCUT2D eigenvalue weighted by atomic mass is 10.0. The summed E-state index contributed by atoms with van der Waals surface area (Å²) in [7, 11) is -5.50. The summed E-state index contributed by atoms with van der Waals surface area (Å²) in [6.45, 7) is 14.4. The van der Waals surface area contributed by atoms with Crippen molar-refractivity contribution in [1.29, 1.82) is 0 Å². The molecule has 2 aliphatic rings. The topological polar surface area (TPSA) is 46.6 Å².